The highest BCUT2D eigenvalue weighted by Crippen LogP contribution is 2.19. The number of hydrogen-bond donors (Lipinski definition) is 1. The molecule has 0 aromatic heterocycles. The van der Waals surface area contributed by atoms with Gasteiger partial charge in [0.15, 0.2) is 6.10 Å². The fourth-order valence-corrected chi connectivity index (χ4v) is 2.50. The van der Waals surface area contributed by atoms with Crippen LogP contribution in [0.25, 0.3) is 0 Å². The van der Waals surface area contributed by atoms with Crippen LogP contribution in [0.3, 0.4) is 0 Å². The molecule has 140 valence electrons. The van der Waals surface area contributed by atoms with Gasteiger partial charge >= 0.3 is 0 Å². The number of ether oxygens (including phenoxy) is 2. The summed E-state index contributed by atoms with van der Waals surface area (Å²) < 4.78 is 11.5. The number of aryl methyl sites for hydroxylation is 1. The molecule has 0 spiro atoms. The monoisotopic (exact) mass is 355 g/mol. The molecule has 26 heavy (non-hydrogen) atoms. The van der Waals surface area contributed by atoms with Gasteiger partial charge < -0.3 is 14.8 Å². The van der Waals surface area contributed by atoms with Gasteiger partial charge in [-0.25, -0.2) is 0 Å². The lowest BCUT2D eigenvalue weighted by Crippen LogP contribution is -2.30. The maximum Gasteiger partial charge on any atom is 0.265 e. The van der Waals surface area contributed by atoms with E-state index in [0.29, 0.717) is 18.0 Å². The van der Waals surface area contributed by atoms with Gasteiger partial charge in [-0.15, -0.1) is 0 Å². The zero-order valence-electron chi connectivity index (χ0n) is 16.0. The third kappa shape index (κ3) is 6.79. The minimum Gasteiger partial charge on any atom is -0.494 e. The lowest BCUT2D eigenvalue weighted by Gasteiger charge is -2.15. The zero-order valence-corrected chi connectivity index (χ0v) is 16.0. The van der Waals surface area contributed by atoms with Crippen LogP contribution >= 0.6 is 0 Å². The molecule has 0 saturated heterocycles. The van der Waals surface area contributed by atoms with E-state index in [2.05, 4.69) is 12.2 Å². The van der Waals surface area contributed by atoms with Crippen LogP contribution in [0.4, 0.5) is 5.69 Å². The second-order valence-corrected chi connectivity index (χ2v) is 6.50. The molecule has 1 amide bonds. The van der Waals surface area contributed by atoms with Crippen molar-refractivity contribution in [3.8, 4) is 11.5 Å². The Bertz CT molecular complexity index is 682. The van der Waals surface area contributed by atoms with Crippen molar-refractivity contribution in [1.82, 2.24) is 0 Å². The normalized spacial score (nSPS) is 11.7. The molecule has 0 fully saturated rings. The van der Waals surface area contributed by atoms with Crippen LogP contribution in [-0.2, 0) is 4.79 Å². The van der Waals surface area contributed by atoms with E-state index in [0.717, 1.165) is 17.7 Å². The van der Waals surface area contributed by atoms with Crippen LogP contribution in [0.5, 0.6) is 11.5 Å². The first-order valence-electron chi connectivity index (χ1n) is 9.35. The van der Waals surface area contributed by atoms with Gasteiger partial charge in [0.1, 0.15) is 11.5 Å². The summed E-state index contributed by atoms with van der Waals surface area (Å²) in [4.78, 5) is 12.4. The average molecular weight is 355 g/mol. The topological polar surface area (TPSA) is 47.6 Å². The third-order valence-corrected chi connectivity index (χ3v) is 4.07. The van der Waals surface area contributed by atoms with E-state index >= 15 is 0 Å². The molecule has 0 aliphatic heterocycles. The van der Waals surface area contributed by atoms with Crippen molar-refractivity contribution in [2.75, 3.05) is 11.9 Å². The highest BCUT2D eigenvalue weighted by molar-refractivity contribution is 5.94. The fraction of sp³-hybridized carbons (Fsp3) is 0.409. The molecule has 1 atom stereocenters. The van der Waals surface area contributed by atoms with Gasteiger partial charge in [-0.1, -0.05) is 49.9 Å². The first kappa shape index (κ1) is 19.8. The lowest BCUT2D eigenvalue weighted by atomic mass is 10.2. The molecule has 1 unspecified atom stereocenters. The summed E-state index contributed by atoms with van der Waals surface area (Å²) in [5, 5.41) is 2.88. The predicted octanol–water partition coefficient (Wildman–Crippen LogP) is 5.36. The molecule has 0 heterocycles. The van der Waals surface area contributed by atoms with E-state index in [1.54, 1.807) is 6.92 Å². The first-order valence-corrected chi connectivity index (χ1v) is 9.35. The van der Waals surface area contributed by atoms with Crippen LogP contribution in [0.1, 0.15) is 45.1 Å². The Balaban J connectivity index is 1.83. The van der Waals surface area contributed by atoms with Gasteiger partial charge in [0.25, 0.3) is 5.91 Å². The highest BCUT2D eigenvalue weighted by Gasteiger charge is 2.15. The number of hydrogen-bond acceptors (Lipinski definition) is 3. The van der Waals surface area contributed by atoms with Crippen LogP contribution in [0, 0.1) is 6.92 Å². The molecule has 0 aliphatic rings. The largest absolute Gasteiger partial charge is 0.494 e. The van der Waals surface area contributed by atoms with Crippen LogP contribution in [-0.4, -0.2) is 18.6 Å². The number of carbonyl (C=O) groups excluding carboxylic acids is 1. The minimum atomic E-state index is -0.587. The zero-order chi connectivity index (χ0) is 18.8. The van der Waals surface area contributed by atoms with E-state index in [9.17, 15) is 4.79 Å². The Morgan fingerprint density at radius 1 is 1.04 bits per heavy atom. The Morgan fingerprint density at radius 2 is 1.81 bits per heavy atom. The van der Waals surface area contributed by atoms with Crippen LogP contribution < -0.4 is 14.8 Å². The minimum absolute atomic E-state index is 0.189. The van der Waals surface area contributed by atoms with Gasteiger partial charge in [0.2, 0.25) is 0 Å². The maximum atomic E-state index is 12.4. The molecule has 1 N–H and O–H groups in total. The van der Waals surface area contributed by atoms with E-state index in [1.807, 2.05) is 55.5 Å². The summed E-state index contributed by atoms with van der Waals surface area (Å²) in [6, 6.07) is 15.1. The molecule has 2 aromatic rings. The Morgan fingerprint density at radius 3 is 2.54 bits per heavy atom. The Kier molecular flexibility index (Phi) is 8.00. The number of unbranched alkanes of at least 4 members (excludes halogenated alkanes) is 3. The smallest absolute Gasteiger partial charge is 0.265 e. The SMILES string of the molecule is CCCCCCOc1cccc(NC(=O)C(C)Oc2ccc(C)cc2)c1. The van der Waals surface area contributed by atoms with Gasteiger partial charge in [-0.2, -0.15) is 0 Å². The number of anilines is 1. The van der Waals surface area contributed by atoms with Gasteiger partial charge in [-0.05, 0) is 44.5 Å². The lowest BCUT2D eigenvalue weighted by molar-refractivity contribution is -0.122. The molecule has 2 aromatic carbocycles. The standard InChI is InChI=1S/C22H29NO3/c1-4-5-6-7-15-25-21-10-8-9-19(16-21)23-22(24)18(3)26-20-13-11-17(2)12-14-20/h8-14,16,18H,4-7,15H2,1-3H3,(H,23,24). The van der Waals surface area contributed by atoms with Gasteiger partial charge in [0.05, 0.1) is 6.61 Å². The van der Waals surface area contributed by atoms with Crippen molar-refractivity contribution in [2.45, 2.75) is 52.6 Å². The molecular formula is C22H29NO3. The van der Waals surface area contributed by atoms with Crippen molar-refractivity contribution in [1.29, 1.82) is 0 Å². The quantitative estimate of drug-likeness (QED) is 0.584. The van der Waals surface area contributed by atoms with E-state index in [4.69, 9.17) is 9.47 Å². The molecule has 2 rings (SSSR count). The second-order valence-electron chi connectivity index (χ2n) is 6.50. The summed E-state index contributed by atoms with van der Waals surface area (Å²) >= 11 is 0. The van der Waals surface area contributed by atoms with Crippen LogP contribution in [0.2, 0.25) is 0 Å². The molecule has 0 radical (unpaired) electrons. The molecule has 0 bridgehead atoms. The van der Waals surface area contributed by atoms with Crippen molar-refractivity contribution >= 4 is 11.6 Å². The van der Waals surface area contributed by atoms with Crippen molar-refractivity contribution in [3.63, 3.8) is 0 Å². The number of benzene rings is 2. The van der Waals surface area contributed by atoms with Gasteiger partial charge in [0, 0.05) is 11.8 Å². The molecule has 0 aliphatic carbocycles. The van der Waals surface area contributed by atoms with Crippen molar-refractivity contribution < 1.29 is 14.3 Å². The van der Waals surface area contributed by atoms with E-state index in [1.165, 1.54) is 19.3 Å². The predicted molar refractivity (Wildman–Crippen MR) is 106 cm³/mol. The van der Waals surface area contributed by atoms with Crippen molar-refractivity contribution in [3.05, 3.63) is 54.1 Å². The summed E-state index contributed by atoms with van der Waals surface area (Å²) in [7, 11) is 0. The number of amides is 1. The third-order valence-electron chi connectivity index (χ3n) is 4.07. The summed E-state index contributed by atoms with van der Waals surface area (Å²) in [5.41, 5.74) is 1.86. The highest BCUT2D eigenvalue weighted by atomic mass is 16.5. The van der Waals surface area contributed by atoms with E-state index in [-0.39, 0.29) is 5.91 Å². The molecule has 4 heteroatoms. The van der Waals surface area contributed by atoms with E-state index < -0.39 is 6.10 Å². The molecule has 4 nitrogen and oxygen atoms in total. The number of nitrogens with one attached hydrogen (secondary N) is 1. The first-order chi connectivity index (χ1) is 12.6. The number of rotatable bonds is 10. The summed E-state index contributed by atoms with van der Waals surface area (Å²) in [6.07, 6.45) is 4.09. The van der Waals surface area contributed by atoms with Crippen LogP contribution in [0.15, 0.2) is 48.5 Å². The Labute approximate surface area is 156 Å². The molecular weight excluding hydrogens is 326 g/mol. The Hall–Kier alpha value is -2.49. The number of carbonyl (C=O) groups is 1. The second kappa shape index (κ2) is 10.5. The van der Waals surface area contributed by atoms with Gasteiger partial charge in [-0.3, -0.25) is 4.79 Å². The summed E-state index contributed by atoms with van der Waals surface area (Å²) in [6.45, 7) is 6.64. The van der Waals surface area contributed by atoms with Crippen molar-refractivity contribution in [2.24, 2.45) is 0 Å². The fourth-order valence-electron chi connectivity index (χ4n) is 2.50. The maximum absolute atomic E-state index is 12.4. The molecule has 0 saturated carbocycles. The summed E-state index contributed by atoms with van der Waals surface area (Å²) in [5.74, 6) is 1.26. The average Bonchev–Trinajstić information content (AvgIpc) is 2.64.